The first-order chi connectivity index (χ1) is 10.3. The second kappa shape index (κ2) is 6.41. The van der Waals surface area contributed by atoms with Crippen LogP contribution < -0.4 is 4.90 Å². The Morgan fingerprint density at radius 1 is 1.29 bits per heavy atom. The monoisotopic (exact) mass is 286 g/mol. The van der Waals surface area contributed by atoms with Crippen molar-refractivity contribution in [2.75, 3.05) is 37.8 Å². The molecule has 3 rings (SSSR count). The molecule has 0 saturated carbocycles. The number of aryl methyl sites for hydroxylation is 2. The number of fused-ring (bicyclic) bond motifs is 1. The van der Waals surface area contributed by atoms with Crippen molar-refractivity contribution < 1.29 is 9.84 Å². The summed E-state index contributed by atoms with van der Waals surface area (Å²) >= 11 is 0. The molecule has 1 aromatic heterocycles. The van der Waals surface area contributed by atoms with Crippen molar-refractivity contribution in [1.82, 2.24) is 4.98 Å². The van der Waals surface area contributed by atoms with Crippen molar-refractivity contribution in [3.63, 3.8) is 0 Å². The van der Waals surface area contributed by atoms with Gasteiger partial charge in [0, 0.05) is 25.1 Å². The van der Waals surface area contributed by atoms with E-state index in [1.807, 2.05) is 0 Å². The summed E-state index contributed by atoms with van der Waals surface area (Å²) in [5.41, 5.74) is 3.51. The molecule has 0 atom stereocenters. The molecule has 0 aliphatic carbocycles. The first kappa shape index (κ1) is 14.3. The maximum Gasteiger partial charge on any atom is 0.132 e. The number of rotatable bonds is 4. The average Bonchev–Trinajstić information content (AvgIpc) is 2.53. The summed E-state index contributed by atoms with van der Waals surface area (Å²) in [5, 5.41) is 10.3. The fourth-order valence-corrected chi connectivity index (χ4v) is 2.88. The van der Waals surface area contributed by atoms with Gasteiger partial charge in [0.1, 0.15) is 5.82 Å². The lowest BCUT2D eigenvalue weighted by Crippen LogP contribution is -2.37. The highest BCUT2D eigenvalue weighted by Crippen LogP contribution is 2.27. The van der Waals surface area contributed by atoms with Gasteiger partial charge in [0.2, 0.25) is 0 Å². The largest absolute Gasteiger partial charge is 0.396 e. The standard InChI is InChI=1S/C17H22N2O2/c1-13-4-2-5-14-12-15(6-3-9-20)17(18-16(13)14)19-7-10-21-11-8-19/h2,4-5,12,20H,3,6-11H2,1H3. The Balaban J connectivity index is 2.06. The molecule has 2 aromatic rings. The fourth-order valence-electron chi connectivity index (χ4n) is 2.88. The quantitative estimate of drug-likeness (QED) is 0.937. The zero-order valence-corrected chi connectivity index (χ0v) is 12.5. The number of hydrogen-bond acceptors (Lipinski definition) is 4. The van der Waals surface area contributed by atoms with E-state index in [0.717, 1.165) is 50.5 Å². The molecule has 1 aliphatic rings. The number of benzene rings is 1. The number of ether oxygens (including phenoxy) is 1. The van der Waals surface area contributed by atoms with E-state index in [1.165, 1.54) is 16.5 Å². The van der Waals surface area contributed by atoms with E-state index >= 15 is 0 Å². The van der Waals surface area contributed by atoms with Gasteiger partial charge in [-0.2, -0.15) is 0 Å². The molecule has 4 heteroatoms. The van der Waals surface area contributed by atoms with Gasteiger partial charge in [-0.3, -0.25) is 0 Å². The molecule has 1 N–H and O–H groups in total. The Labute approximate surface area is 125 Å². The molecule has 21 heavy (non-hydrogen) atoms. The molecule has 1 saturated heterocycles. The van der Waals surface area contributed by atoms with Crippen LogP contribution in [0.2, 0.25) is 0 Å². The van der Waals surface area contributed by atoms with Crippen molar-refractivity contribution in [3.8, 4) is 0 Å². The Morgan fingerprint density at radius 2 is 2.10 bits per heavy atom. The van der Waals surface area contributed by atoms with Crippen molar-refractivity contribution in [2.45, 2.75) is 19.8 Å². The molecule has 0 radical (unpaired) electrons. The third kappa shape index (κ3) is 3.01. The summed E-state index contributed by atoms with van der Waals surface area (Å²) in [4.78, 5) is 7.25. The molecule has 0 unspecified atom stereocenters. The van der Waals surface area contributed by atoms with E-state index in [0.29, 0.717) is 0 Å². The predicted octanol–water partition coefficient (Wildman–Crippen LogP) is 2.30. The summed E-state index contributed by atoms with van der Waals surface area (Å²) in [6.07, 6.45) is 1.64. The van der Waals surface area contributed by atoms with Gasteiger partial charge < -0.3 is 14.7 Å². The van der Waals surface area contributed by atoms with Gasteiger partial charge >= 0.3 is 0 Å². The summed E-state index contributed by atoms with van der Waals surface area (Å²) in [5.74, 6) is 1.06. The minimum absolute atomic E-state index is 0.217. The molecule has 1 aliphatic heterocycles. The number of aliphatic hydroxyl groups excluding tert-OH is 1. The topological polar surface area (TPSA) is 45.6 Å². The van der Waals surface area contributed by atoms with Crippen molar-refractivity contribution in [2.24, 2.45) is 0 Å². The van der Waals surface area contributed by atoms with E-state index in [4.69, 9.17) is 14.8 Å². The molecule has 2 heterocycles. The van der Waals surface area contributed by atoms with Crippen LogP contribution >= 0.6 is 0 Å². The Morgan fingerprint density at radius 3 is 2.86 bits per heavy atom. The van der Waals surface area contributed by atoms with Crippen LogP contribution in [0.25, 0.3) is 10.9 Å². The Kier molecular flexibility index (Phi) is 4.36. The van der Waals surface area contributed by atoms with Crippen molar-refractivity contribution in [3.05, 3.63) is 35.4 Å². The molecule has 0 bridgehead atoms. The summed E-state index contributed by atoms with van der Waals surface area (Å²) in [7, 11) is 0. The van der Waals surface area contributed by atoms with E-state index in [-0.39, 0.29) is 6.61 Å². The molecule has 1 fully saturated rings. The van der Waals surface area contributed by atoms with Crippen LogP contribution in [-0.2, 0) is 11.2 Å². The summed E-state index contributed by atoms with van der Waals surface area (Å²) in [6.45, 7) is 5.60. The smallest absolute Gasteiger partial charge is 0.132 e. The molecule has 4 nitrogen and oxygen atoms in total. The Hall–Kier alpha value is -1.65. The highest BCUT2D eigenvalue weighted by Gasteiger charge is 2.17. The number of anilines is 1. The van der Waals surface area contributed by atoms with E-state index in [2.05, 4.69) is 36.1 Å². The highest BCUT2D eigenvalue weighted by atomic mass is 16.5. The first-order valence-corrected chi connectivity index (χ1v) is 7.62. The second-order valence-corrected chi connectivity index (χ2v) is 5.54. The number of hydrogen-bond donors (Lipinski definition) is 1. The van der Waals surface area contributed by atoms with Crippen LogP contribution in [-0.4, -0.2) is 43.0 Å². The minimum atomic E-state index is 0.217. The maximum atomic E-state index is 9.13. The van der Waals surface area contributed by atoms with Gasteiger partial charge in [0.05, 0.1) is 18.7 Å². The minimum Gasteiger partial charge on any atom is -0.396 e. The normalized spacial score (nSPS) is 15.6. The number of pyridine rings is 1. The van der Waals surface area contributed by atoms with Crippen LogP contribution in [0.3, 0.4) is 0 Å². The first-order valence-electron chi connectivity index (χ1n) is 7.62. The molecule has 112 valence electrons. The Bertz CT molecular complexity index is 621. The van der Waals surface area contributed by atoms with E-state index in [9.17, 15) is 0 Å². The van der Waals surface area contributed by atoms with Crippen LogP contribution in [0.1, 0.15) is 17.5 Å². The summed E-state index contributed by atoms with van der Waals surface area (Å²) < 4.78 is 5.44. The number of aliphatic hydroxyl groups is 1. The third-order valence-electron chi connectivity index (χ3n) is 4.02. The number of nitrogens with zero attached hydrogens (tertiary/aromatic N) is 2. The van der Waals surface area contributed by atoms with Crippen LogP contribution in [0.4, 0.5) is 5.82 Å². The van der Waals surface area contributed by atoms with Gasteiger partial charge in [-0.15, -0.1) is 0 Å². The number of morpholine rings is 1. The lowest BCUT2D eigenvalue weighted by Gasteiger charge is -2.30. The lowest BCUT2D eigenvalue weighted by molar-refractivity contribution is 0.122. The number of para-hydroxylation sites is 1. The maximum absolute atomic E-state index is 9.13. The van der Waals surface area contributed by atoms with Gasteiger partial charge in [0.25, 0.3) is 0 Å². The van der Waals surface area contributed by atoms with Crippen LogP contribution in [0, 0.1) is 6.92 Å². The van der Waals surface area contributed by atoms with Crippen LogP contribution in [0.5, 0.6) is 0 Å². The fraction of sp³-hybridized carbons (Fsp3) is 0.471. The molecular weight excluding hydrogens is 264 g/mol. The van der Waals surface area contributed by atoms with Gasteiger partial charge in [-0.05, 0) is 37.0 Å². The van der Waals surface area contributed by atoms with Gasteiger partial charge in [-0.25, -0.2) is 4.98 Å². The SMILES string of the molecule is Cc1cccc2cc(CCCO)c(N3CCOCC3)nc12. The predicted molar refractivity (Wildman–Crippen MR) is 84.9 cm³/mol. The van der Waals surface area contributed by atoms with E-state index < -0.39 is 0 Å². The molecule has 0 spiro atoms. The van der Waals surface area contributed by atoms with Gasteiger partial charge in [-0.1, -0.05) is 18.2 Å². The highest BCUT2D eigenvalue weighted by molar-refractivity contribution is 5.84. The average molecular weight is 286 g/mol. The summed E-state index contributed by atoms with van der Waals surface area (Å²) in [6, 6.07) is 8.52. The second-order valence-electron chi connectivity index (χ2n) is 5.54. The zero-order chi connectivity index (χ0) is 14.7. The van der Waals surface area contributed by atoms with E-state index in [1.54, 1.807) is 0 Å². The molecule has 0 amide bonds. The molecule has 1 aromatic carbocycles. The molecular formula is C17H22N2O2. The third-order valence-corrected chi connectivity index (χ3v) is 4.02. The van der Waals surface area contributed by atoms with Crippen molar-refractivity contribution in [1.29, 1.82) is 0 Å². The zero-order valence-electron chi connectivity index (χ0n) is 12.5. The van der Waals surface area contributed by atoms with Gasteiger partial charge in [0.15, 0.2) is 0 Å². The van der Waals surface area contributed by atoms with Crippen LogP contribution in [0.15, 0.2) is 24.3 Å². The lowest BCUT2D eigenvalue weighted by atomic mass is 10.0. The van der Waals surface area contributed by atoms with Crippen molar-refractivity contribution >= 4 is 16.7 Å². The number of aromatic nitrogens is 1.